The van der Waals surface area contributed by atoms with Gasteiger partial charge in [0, 0.05) is 6.04 Å². The van der Waals surface area contributed by atoms with Crippen LogP contribution in [0.3, 0.4) is 0 Å². The zero-order chi connectivity index (χ0) is 21.4. The van der Waals surface area contributed by atoms with Crippen molar-refractivity contribution < 1.29 is 24.9 Å². The molecule has 0 spiro atoms. The Morgan fingerprint density at radius 1 is 1.03 bits per heavy atom. The summed E-state index contributed by atoms with van der Waals surface area (Å²) in [6, 6.07) is 13.0. The van der Waals surface area contributed by atoms with Gasteiger partial charge in [-0.15, -0.1) is 0 Å². The predicted octanol–water partition coefficient (Wildman–Crippen LogP) is 3.31. The van der Waals surface area contributed by atoms with E-state index < -0.39 is 18.1 Å². The van der Waals surface area contributed by atoms with E-state index in [-0.39, 0.29) is 30.1 Å². The standard InChI is InChI=1S/C23H31NO5/c1-15(2)14-29-23(28)21(22(27)18-11-12-19(25)20(26)13-18)24-16(3)9-10-17-7-5-4-6-8-17/h4-8,11-13,15-16,21-22,24-27H,9-10,14H2,1-3H3. The van der Waals surface area contributed by atoms with Crippen LogP contribution in [0.1, 0.15) is 44.4 Å². The Morgan fingerprint density at radius 3 is 2.34 bits per heavy atom. The van der Waals surface area contributed by atoms with Gasteiger partial charge in [-0.2, -0.15) is 0 Å². The van der Waals surface area contributed by atoms with E-state index in [4.69, 9.17) is 4.74 Å². The van der Waals surface area contributed by atoms with Gasteiger partial charge in [-0.3, -0.25) is 10.1 Å². The van der Waals surface area contributed by atoms with Gasteiger partial charge in [0.15, 0.2) is 11.5 Å². The van der Waals surface area contributed by atoms with Gasteiger partial charge in [0.2, 0.25) is 0 Å². The first-order valence-electron chi connectivity index (χ1n) is 9.94. The van der Waals surface area contributed by atoms with Crippen molar-refractivity contribution >= 4 is 5.97 Å². The summed E-state index contributed by atoms with van der Waals surface area (Å²) in [5.41, 5.74) is 1.51. The quantitative estimate of drug-likeness (QED) is 0.360. The molecule has 0 saturated carbocycles. The molecular weight excluding hydrogens is 370 g/mol. The molecule has 2 rings (SSSR count). The minimum Gasteiger partial charge on any atom is -0.504 e. The number of aryl methyl sites for hydroxylation is 1. The maximum atomic E-state index is 12.7. The average molecular weight is 402 g/mol. The lowest BCUT2D eigenvalue weighted by molar-refractivity contribution is -0.150. The number of hydrogen-bond acceptors (Lipinski definition) is 6. The number of aliphatic hydroxyl groups is 1. The Bertz CT molecular complexity index is 778. The summed E-state index contributed by atoms with van der Waals surface area (Å²) in [4.78, 5) is 12.7. The van der Waals surface area contributed by atoms with Gasteiger partial charge in [-0.1, -0.05) is 50.2 Å². The maximum absolute atomic E-state index is 12.7. The predicted molar refractivity (Wildman–Crippen MR) is 112 cm³/mol. The summed E-state index contributed by atoms with van der Waals surface area (Å²) in [5, 5.41) is 33.2. The van der Waals surface area contributed by atoms with Crippen LogP contribution in [0.2, 0.25) is 0 Å². The molecule has 0 bridgehead atoms. The number of ether oxygens (including phenoxy) is 1. The van der Waals surface area contributed by atoms with E-state index in [0.29, 0.717) is 5.56 Å². The summed E-state index contributed by atoms with van der Waals surface area (Å²) >= 11 is 0. The highest BCUT2D eigenvalue weighted by molar-refractivity contribution is 5.77. The highest BCUT2D eigenvalue weighted by Crippen LogP contribution is 2.29. The number of phenols is 2. The van der Waals surface area contributed by atoms with Crippen molar-refractivity contribution in [3.05, 3.63) is 59.7 Å². The van der Waals surface area contributed by atoms with Crippen LogP contribution in [0.5, 0.6) is 11.5 Å². The van der Waals surface area contributed by atoms with Crippen LogP contribution in [0.15, 0.2) is 48.5 Å². The number of phenolic OH excluding ortho intramolecular Hbond substituents is 2. The van der Waals surface area contributed by atoms with Crippen molar-refractivity contribution in [2.75, 3.05) is 6.61 Å². The fraction of sp³-hybridized carbons (Fsp3) is 0.435. The number of carbonyl (C=O) groups excluding carboxylic acids is 1. The number of rotatable bonds is 10. The van der Waals surface area contributed by atoms with Crippen LogP contribution in [0.4, 0.5) is 0 Å². The minimum absolute atomic E-state index is 0.0628. The summed E-state index contributed by atoms with van der Waals surface area (Å²) in [5.74, 6) is -1.02. The highest BCUT2D eigenvalue weighted by atomic mass is 16.5. The Labute approximate surface area is 172 Å². The summed E-state index contributed by atoms with van der Waals surface area (Å²) < 4.78 is 5.35. The van der Waals surface area contributed by atoms with Gasteiger partial charge in [-0.05, 0) is 48.9 Å². The van der Waals surface area contributed by atoms with Crippen molar-refractivity contribution in [1.29, 1.82) is 0 Å². The van der Waals surface area contributed by atoms with Crippen molar-refractivity contribution in [2.24, 2.45) is 5.92 Å². The third-order valence-electron chi connectivity index (χ3n) is 4.64. The van der Waals surface area contributed by atoms with E-state index in [1.807, 2.05) is 39.0 Å². The topological polar surface area (TPSA) is 99.0 Å². The Morgan fingerprint density at radius 2 is 1.72 bits per heavy atom. The molecule has 158 valence electrons. The summed E-state index contributed by atoms with van der Waals surface area (Å²) in [6.45, 7) is 6.08. The SMILES string of the molecule is CC(C)COC(=O)C(NC(C)CCc1ccccc1)C(O)c1ccc(O)c(O)c1. The largest absolute Gasteiger partial charge is 0.504 e. The molecule has 3 atom stereocenters. The number of hydrogen-bond donors (Lipinski definition) is 4. The highest BCUT2D eigenvalue weighted by Gasteiger charge is 2.31. The van der Waals surface area contributed by atoms with Gasteiger partial charge >= 0.3 is 5.97 Å². The lowest BCUT2D eigenvalue weighted by Crippen LogP contribution is -2.47. The van der Waals surface area contributed by atoms with Crippen LogP contribution >= 0.6 is 0 Å². The van der Waals surface area contributed by atoms with E-state index >= 15 is 0 Å². The molecule has 2 aromatic carbocycles. The average Bonchev–Trinajstić information content (AvgIpc) is 2.71. The smallest absolute Gasteiger partial charge is 0.326 e. The molecular formula is C23H31NO5. The molecule has 0 aliphatic rings. The second-order valence-corrected chi connectivity index (χ2v) is 7.79. The lowest BCUT2D eigenvalue weighted by Gasteiger charge is -2.27. The molecule has 3 unspecified atom stereocenters. The van der Waals surface area contributed by atoms with Crippen LogP contribution in [0, 0.1) is 5.92 Å². The Kier molecular flexibility index (Phi) is 8.49. The molecule has 6 heteroatoms. The van der Waals surface area contributed by atoms with Crippen molar-refractivity contribution in [2.45, 2.75) is 51.8 Å². The normalized spacial score (nSPS) is 14.4. The molecule has 4 N–H and O–H groups in total. The molecule has 0 radical (unpaired) electrons. The summed E-state index contributed by atoms with van der Waals surface area (Å²) in [7, 11) is 0. The van der Waals surface area contributed by atoms with E-state index in [9.17, 15) is 20.1 Å². The molecule has 29 heavy (non-hydrogen) atoms. The molecule has 0 saturated heterocycles. The van der Waals surface area contributed by atoms with Gasteiger partial charge in [-0.25, -0.2) is 0 Å². The number of aliphatic hydroxyl groups excluding tert-OH is 1. The first kappa shape index (κ1) is 22.7. The monoisotopic (exact) mass is 401 g/mol. The third-order valence-corrected chi connectivity index (χ3v) is 4.64. The van der Waals surface area contributed by atoms with E-state index in [1.54, 1.807) is 0 Å². The third kappa shape index (κ3) is 7.07. The second-order valence-electron chi connectivity index (χ2n) is 7.79. The number of carbonyl (C=O) groups is 1. The fourth-order valence-electron chi connectivity index (χ4n) is 2.96. The van der Waals surface area contributed by atoms with Crippen LogP contribution in [0.25, 0.3) is 0 Å². The van der Waals surface area contributed by atoms with E-state index in [1.165, 1.54) is 23.8 Å². The lowest BCUT2D eigenvalue weighted by atomic mass is 9.99. The number of nitrogens with one attached hydrogen (secondary N) is 1. The molecule has 0 heterocycles. The number of benzene rings is 2. The zero-order valence-corrected chi connectivity index (χ0v) is 17.2. The van der Waals surface area contributed by atoms with Crippen LogP contribution < -0.4 is 5.32 Å². The van der Waals surface area contributed by atoms with Gasteiger partial charge < -0.3 is 20.1 Å². The van der Waals surface area contributed by atoms with Gasteiger partial charge in [0.25, 0.3) is 0 Å². The molecule has 6 nitrogen and oxygen atoms in total. The molecule has 0 aliphatic heterocycles. The molecule has 0 aliphatic carbocycles. The molecule has 0 amide bonds. The van der Waals surface area contributed by atoms with E-state index in [2.05, 4.69) is 17.4 Å². The molecule has 0 fully saturated rings. The fourth-order valence-corrected chi connectivity index (χ4v) is 2.96. The van der Waals surface area contributed by atoms with Crippen LogP contribution in [-0.2, 0) is 16.0 Å². The minimum atomic E-state index is -1.24. The van der Waals surface area contributed by atoms with E-state index in [0.717, 1.165) is 12.8 Å². The Balaban J connectivity index is 2.10. The zero-order valence-electron chi connectivity index (χ0n) is 17.2. The number of aromatic hydroxyl groups is 2. The van der Waals surface area contributed by atoms with Gasteiger partial charge in [0.1, 0.15) is 12.1 Å². The van der Waals surface area contributed by atoms with Crippen molar-refractivity contribution in [3.63, 3.8) is 0 Å². The first-order valence-corrected chi connectivity index (χ1v) is 9.94. The summed E-state index contributed by atoms with van der Waals surface area (Å²) in [6.07, 6.45) is 0.366. The number of esters is 1. The Hall–Kier alpha value is -2.57. The van der Waals surface area contributed by atoms with Crippen molar-refractivity contribution in [3.8, 4) is 11.5 Å². The molecule has 2 aromatic rings. The second kappa shape index (κ2) is 10.8. The molecule has 0 aromatic heterocycles. The van der Waals surface area contributed by atoms with Crippen LogP contribution in [-0.4, -0.2) is 40.0 Å². The first-order chi connectivity index (χ1) is 13.8. The van der Waals surface area contributed by atoms with Crippen molar-refractivity contribution in [1.82, 2.24) is 5.32 Å². The van der Waals surface area contributed by atoms with Gasteiger partial charge in [0.05, 0.1) is 6.61 Å². The maximum Gasteiger partial charge on any atom is 0.326 e.